The average Bonchev–Trinajstić information content (AvgIpc) is 3.18. The number of hydrogen-bond donors (Lipinski definition) is 2. The van der Waals surface area contributed by atoms with Crippen LogP contribution in [0.5, 0.6) is 5.75 Å². The van der Waals surface area contributed by atoms with Gasteiger partial charge in [-0.1, -0.05) is 24.8 Å². The van der Waals surface area contributed by atoms with E-state index in [0.29, 0.717) is 35.6 Å². The third-order valence-electron chi connectivity index (χ3n) is 5.49. The summed E-state index contributed by atoms with van der Waals surface area (Å²) in [5.41, 5.74) is 8.69. The third-order valence-corrected chi connectivity index (χ3v) is 6.41. The van der Waals surface area contributed by atoms with Crippen LogP contribution < -0.4 is 20.7 Å². The molecule has 0 spiro atoms. The Labute approximate surface area is 196 Å². The molecule has 176 valence electrons. The van der Waals surface area contributed by atoms with Crippen molar-refractivity contribution in [3.05, 3.63) is 29.6 Å². The minimum absolute atomic E-state index is 0.0925. The van der Waals surface area contributed by atoms with Crippen LogP contribution in [0.25, 0.3) is 11.2 Å². The van der Waals surface area contributed by atoms with Gasteiger partial charge in [0.15, 0.2) is 22.1 Å². The minimum Gasteiger partial charge on any atom is -0.495 e. The van der Waals surface area contributed by atoms with Gasteiger partial charge in [-0.05, 0) is 17.7 Å². The number of thioether (sulfide) groups is 1. The van der Waals surface area contributed by atoms with Gasteiger partial charge in [-0.25, -0.2) is 15.0 Å². The first-order valence-electron chi connectivity index (χ1n) is 10.9. The number of ether oxygens (including phenoxy) is 2. The molecule has 11 heteroatoms. The van der Waals surface area contributed by atoms with Gasteiger partial charge in [-0.15, -0.1) is 0 Å². The molecule has 0 aliphatic carbocycles. The maximum absolute atomic E-state index is 11.8. The number of fused-ring (bicyclic) bond motifs is 1. The van der Waals surface area contributed by atoms with E-state index in [9.17, 15) is 4.79 Å². The summed E-state index contributed by atoms with van der Waals surface area (Å²) in [6.07, 6.45) is 0.820. The van der Waals surface area contributed by atoms with Crippen LogP contribution in [-0.4, -0.2) is 65.4 Å². The van der Waals surface area contributed by atoms with Crippen LogP contribution in [0.1, 0.15) is 18.3 Å². The van der Waals surface area contributed by atoms with Crippen molar-refractivity contribution < 1.29 is 14.3 Å². The molecule has 2 aromatic heterocycles. The van der Waals surface area contributed by atoms with E-state index in [4.69, 9.17) is 30.2 Å². The summed E-state index contributed by atoms with van der Waals surface area (Å²) in [6, 6.07) is 5.69. The summed E-state index contributed by atoms with van der Waals surface area (Å²) in [7, 11) is 3.56. The van der Waals surface area contributed by atoms with Crippen LogP contribution in [-0.2, 0) is 28.8 Å². The zero-order valence-corrected chi connectivity index (χ0v) is 19.9. The molecule has 1 aliphatic rings. The number of hydrogen-bond acceptors (Lipinski definition) is 9. The van der Waals surface area contributed by atoms with E-state index in [1.54, 1.807) is 7.11 Å². The number of nitrogens with one attached hydrogen (secondary N) is 1. The molecule has 1 fully saturated rings. The zero-order chi connectivity index (χ0) is 23.4. The van der Waals surface area contributed by atoms with Crippen molar-refractivity contribution >= 4 is 40.3 Å². The number of benzene rings is 1. The molecule has 0 radical (unpaired) electrons. The van der Waals surface area contributed by atoms with Gasteiger partial charge >= 0.3 is 0 Å². The zero-order valence-electron chi connectivity index (χ0n) is 19.1. The fraction of sp³-hybridized carbons (Fsp3) is 0.455. The quantitative estimate of drug-likeness (QED) is 0.375. The number of nitrogens with two attached hydrogens (primary N) is 1. The molecular weight excluding hydrogens is 442 g/mol. The number of aromatic nitrogens is 4. The summed E-state index contributed by atoms with van der Waals surface area (Å²) >= 11 is 1.54. The van der Waals surface area contributed by atoms with Crippen LogP contribution in [0.2, 0.25) is 0 Å². The first kappa shape index (κ1) is 23.3. The number of imidazole rings is 1. The second-order valence-corrected chi connectivity index (χ2v) is 8.56. The lowest BCUT2D eigenvalue weighted by Gasteiger charge is -2.28. The molecule has 0 atom stereocenters. The van der Waals surface area contributed by atoms with Crippen LogP contribution in [0.3, 0.4) is 0 Å². The van der Waals surface area contributed by atoms with Crippen LogP contribution in [0.4, 0.5) is 11.5 Å². The van der Waals surface area contributed by atoms with E-state index in [1.165, 1.54) is 11.8 Å². The van der Waals surface area contributed by atoms with Crippen molar-refractivity contribution in [2.45, 2.75) is 24.3 Å². The molecule has 1 saturated heterocycles. The highest BCUT2D eigenvalue weighted by atomic mass is 32.2. The van der Waals surface area contributed by atoms with Gasteiger partial charge in [0.1, 0.15) is 11.6 Å². The van der Waals surface area contributed by atoms with Crippen molar-refractivity contribution in [1.29, 1.82) is 0 Å². The van der Waals surface area contributed by atoms with Crippen molar-refractivity contribution in [3.8, 4) is 5.75 Å². The van der Waals surface area contributed by atoms with Gasteiger partial charge in [0.25, 0.3) is 0 Å². The largest absolute Gasteiger partial charge is 0.495 e. The second kappa shape index (κ2) is 10.4. The number of morpholine rings is 1. The monoisotopic (exact) mass is 471 g/mol. The van der Waals surface area contributed by atoms with Gasteiger partial charge in [0.2, 0.25) is 5.91 Å². The highest BCUT2D eigenvalue weighted by Gasteiger charge is 2.22. The summed E-state index contributed by atoms with van der Waals surface area (Å²) in [5.74, 6) is 2.77. The highest BCUT2D eigenvalue weighted by Crippen LogP contribution is 2.31. The lowest BCUT2D eigenvalue weighted by atomic mass is 10.2. The number of rotatable bonds is 8. The predicted octanol–water partition coefficient (Wildman–Crippen LogP) is 1.96. The van der Waals surface area contributed by atoms with Gasteiger partial charge in [-0.3, -0.25) is 4.79 Å². The Balaban J connectivity index is 1.63. The van der Waals surface area contributed by atoms with Gasteiger partial charge in [0, 0.05) is 32.3 Å². The molecule has 1 amide bonds. The molecule has 1 aliphatic heterocycles. The second-order valence-electron chi connectivity index (χ2n) is 7.62. The van der Waals surface area contributed by atoms with E-state index < -0.39 is 0 Å². The Morgan fingerprint density at radius 2 is 2.06 bits per heavy atom. The molecule has 0 saturated carbocycles. The maximum atomic E-state index is 11.8. The summed E-state index contributed by atoms with van der Waals surface area (Å²) in [4.78, 5) is 28.5. The molecule has 4 rings (SSSR count). The molecule has 3 N–H and O–H groups in total. The summed E-state index contributed by atoms with van der Waals surface area (Å²) in [5, 5.41) is 3.46. The number of carbonyl (C=O) groups is 1. The lowest BCUT2D eigenvalue weighted by molar-refractivity contribution is -0.114. The molecule has 1 aromatic carbocycles. The Bertz CT molecular complexity index is 1140. The van der Waals surface area contributed by atoms with E-state index in [-0.39, 0.29) is 12.5 Å². The van der Waals surface area contributed by atoms with Crippen LogP contribution >= 0.6 is 11.8 Å². The average molecular weight is 472 g/mol. The van der Waals surface area contributed by atoms with Crippen molar-refractivity contribution in [2.75, 3.05) is 50.2 Å². The first-order valence-corrected chi connectivity index (χ1v) is 11.9. The molecule has 33 heavy (non-hydrogen) atoms. The molecule has 3 aromatic rings. The van der Waals surface area contributed by atoms with Crippen molar-refractivity contribution in [3.63, 3.8) is 0 Å². The summed E-state index contributed by atoms with van der Waals surface area (Å²) in [6.45, 7) is 4.89. The van der Waals surface area contributed by atoms with Crippen molar-refractivity contribution in [2.24, 2.45) is 12.8 Å². The topological polar surface area (TPSA) is 120 Å². The first-order chi connectivity index (χ1) is 16.0. The molecule has 10 nitrogen and oxygen atoms in total. The number of amides is 1. The SMILES string of the molecule is CCc1nc2c(N3CCOCC3)nc(SCc3ccc(OC)c(NC(=O)CN)c3)nc2n1C. The van der Waals surface area contributed by atoms with Gasteiger partial charge in [-0.2, -0.15) is 0 Å². The maximum Gasteiger partial charge on any atom is 0.238 e. The van der Waals surface area contributed by atoms with Crippen LogP contribution in [0, 0.1) is 0 Å². The minimum atomic E-state index is -0.273. The number of anilines is 2. The third kappa shape index (κ3) is 5.05. The van der Waals surface area contributed by atoms with Gasteiger partial charge in [0.05, 0.1) is 32.6 Å². The normalized spacial score (nSPS) is 14.0. The lowest BCUT2D eigenvalue weighted by Crippen LogP contribution is -2.37. The highest BCUT2D eigenvalue weighted by molar-refractivity contribution is 7.98. The molecular formula is C22H29N7O3S. The van der Waals surface area contributed by atoms with E-state index in [0.717, 1.165) is 47.9 Å². The fourth-order valence-corrected chi connectivity index (χ4v) is 4.52. The number of carbonyl (C=O) groups excluding carboxylic acids is 1. The number of nitrogens with zero attached hydrogens (tertiary/aromatic N) is 5. The summed E-state index contributed by atoms with van der Waals surface area (Å²) < 4.78 is 12.9. The van der Waals surface area contributed by atoms with E-state index in [1.807, 2.05) is 29.8 Å². The van der Waals surface area contributed by atoms with Crippen LogP contribution in [0.15, 0.2) is 23.4 Å². The Morgan fingerprint density at radius 1 is 1.27 bits per heavy atom. The standard InChI is InChI=1S/C22H29N7O3S/c1-4-17-25-19-20(28(17)2)26-22(27-21(19)29-7-9-32-10-8-29)33-13-14-5-6-16(31-3)15(11-14)24-18(30)12-23/h5-6,11H,4,7-10,12-13,23H2,1-3H3,(H,24,30). The fourth-order valence-electron chi connectivity index (χ4n) is 3.74. The molecule has 0 bridgehead atoms. The number of methoxy groups -OCH3 is 1. The Hall–Kier alpha value is -2.89. The van der Waals surface area contributed by atoms with E-state index >= 15 is 0 Å². The van der Waals surface area contributed by atoms with Crippen molar-refractivity contribution in [1.82, 2.24) is 19.5 Å². The Kier molecular flexibility index (Phi) is 7.31. The van der Waals surface area contributed by atoms with E-state index in [2.05, 4.69) is 17.1 Å². The number of aryl methyl sites for hydroxylation is 2. The predicted molar refractivity (Wildman–Crippen MR) is 129 cm³/mol. The van der Waals surface area contributed by atoms with Gasteiger partial charge < -0.3 is 30.0 Å². The molecule has 0 unspecified atom stereocenters. The smallest absolute Gasteiger partial charge is 0.238 e. The molecule has 3 heterocycles. The Morgan fingerprint density at radius 3 is 2.76 bits per heavy atom.